The maximum Gasteiger partial charge on any atom is 0.217 e. The van der Waals surface area contributed by atoms with Crippen molar-refractivity contribution in [2.24, 2.45) is 0 Å². The van der Waals surface area contributed by atoms with E-state index in [1.807, 2.05) is 12.5 Å². The van der Waals surface area contributed by atoms with Crippen molar-refractivity contribution in [2.45, 2.75) is 6.42 Å². The molecule has 62 valence electrons. The molecule has 1 heterocycles. The average molecular weight is 206 g/mol. The van der Waals surface area contributed by atoms with Gasteiger partial charge < -0.3 is 0 Å². The fraction of sp³-hybridized carbons (Fsp3) is 0.571. The summed E-state index contributed by atoms with van der Waals surface area (Å²) in [5.41, 5.74) is 1.04. The van der Waals surface area contributed by atoms with Gasteiger partial charge in [0.1, 0.15) is 0 Å². The molecule has 0 amide bonds. The molecule has 0 radical (unpaired) electrons. The van der Waals surface area contributed by atoms with Gasteiger partial charge in [0.25, 0.3) is 0 Å². The van der Waals surface area contributed by atoms with Crippen LogP contribution in [0.15, 0.2) is 9.81 Å². The first-order valence-electron chi connectivity index (χ1n) is 3.28. The minimum atomic E-state index is 0.281. The standard InChI is InChI=1S/C7H10OS3/c1-9-7(10-2)5-3-4-11-6(5)8/h3-4H2,1-2H3. The van der Waals surface area contributed by atoms with Crippen LogP contribution in [0.5, 0.6) is 0 Å². The van der Waals surface area contributed by atoms with Crippen LogP contribution in [0.1, 0.15) is 6.42 Å². The molecule has 0 N–H and O–H groups in total. The highest BCUT2D eigenvalue weighted by atomic mass is 32.2. The minimum Gasteiger partial charge on any atom is -0.282 e. The number of hydrogen-bond donors (Lipinski definition) is 0. The molecule has 4 heteroatoms. The van der Waals surface area contributed by atoms with Crippen LogP contribution in [0.2, 0.25) is 0 Å². The van der Waals surface area contributed by atoms with Crippen LogP contribution in [0.25, 0.3) is 0 Å². The van der Waals surface area contributed by atoms with E-state index in [4.69, 9.17) is 0 Å². The van der Waals surface area contributed by atoms with E-state index in [9.17, 15) is 4.79 Å². The number of carbonyl (C=O) groups excluding carboxylic acids is 1. The fourth-order valence-electron chi connectivity index (χ4n) is 0.950. The van der Waals surface area contributed by atoms with Gasteiger partial charge in [0.15, 0.2) is 0 Å². The summed E-state index contributed by atoms with van der Waals surface area (Å²) < 4.78 is 1.19. The van der Waals surface area contributed by atoms with Crippen molar-refractivity contribution in [2.75, 3.05) is 18.3 Å². The fourth-order valence-corrected chi connectivity index (χ4v) is 3.50. The average Bonchev–Trinajstić information content (AvgIpc) is 2.40. The summed E-state index contributed by atoms with van der Waals surface area (Å²) in [4.78, 5) is 11.2. The Morgan fingerprint density at radius 1 is 1.45 bits per heavy atom. The van der Waals surface area contributed by atoms with Crippen LogP contribution in [0, 0.1) is 0 Å². The third kappa shape index (κ3) is 2.20. The smallest absolute Gasteiger partial charge is 0.217 e. The molecule has 1 aliphatic heterocycles. The Kier molecular flexibility index (Phi) is 3.89. The Balaban J connectivity index is 2.82. The van der Waals surface area contributed by atoms with E-state index >= 15 is 0 Å². The summed E-state index contributed by atoms with van der Waals surface area (Å²) in [6.45, 7) is 0. The van der Waals surface area contributed by atoms with Gasteiger partial charge in [-0.3, -0.25) is 4.79 Å². The molecule has 1 nitrogen and oxygen atoms in total. The van der Waals surface area contributed by atoms with Gasteiger partial charge in [-0.25, -0.2) is 0 Å². The molecule has 0 aliphatic carbocycles. The van der Waals surface area contributed by atoms with Crippen molar-refractivity contribution in [3.8, 4) is 0 Å². The predicted octanol–water partition coefficient (Wildman–Crippen LogP) is 2.59. The Labute approximate surface area is 79.8 Å². The molecular weight excluding hydrogens is 196 g/mol. The van der Waals surface area contributed by atoms with Gasteiger partial charge in [-0.2, -0.15) is 0 Å². The van der Waals surface area contributed by atoms with E-state index in [2.05, 4.69) is 0 Å². The Morgan fingerprint density at radius 3 is 2.45 bits per heavy atom. The highest BCUT2D eigenvalue weighted by Crippen LogP contribution is 2.36. The Bertz CT molecular complexity index is 192. The normalized spacial score (nSPS) is 17.6. The summed E-state index contributed by atoms with van der Waals surface area (Å²) >= 11 is 4.80. The van der Waals surface area contributed by atoms with E-state index in [1.54, 1.807) is 23.5 Å². The van der Waals surface area contributed by atoms with Crippen molar-refractivity contribution in [3.05, 3.63) is 9.81 Å². The van der Waals surface area contributed by atoms with Gasteiger partial charge in [-0.05, 0) is 18.9 Å². The zero-order valence-corrected chi connectivity index (χ0v) is 9.00. The van der Waals surface area contributed by atoms with Crippen molar-refractivity contribution >= 4 is 40.4 Å². The summed E-state index contributed by atoms with van der Waals surface area (Å²) in [6, 6.07) is 0. The SMILES string of the molecule is CSC(SC)=C1CCSC1=O. The zero-order chi connectivity index (χ0) is 8.27. The van der Waals surface area contributed by atoms with Crippen LogP contribution >= 0.6 is 35.3 Å². The Morgan fingerprint density at radius 2 is 2.09 bits per heavy atom. The van der Waals surface area contributed by atoms with Crippen LogP contribution in [-0.2, 0) is 4.79 Å². The van der Waals surface area contributed by atoms with E-state index in [1.165, 1.54) is 16.0 Å². The van der Waals surface area contributed by atoms with Gasteiger partial charge in [-0.1, -0.05) is 11.8 Å². The molecule has 0 bridgehead atoms. The molecule has 0 saturated carbocycles. The molecular formula is C7H10OS3. The molecule has 1 rings (SSSR count). The molecule has 1 aliphatic rings. The molecule has 0 atom stereocenters. The number of rotatable bonds is 2. The third-order valence-corrected chi connectivity index (χ3v) is 4.60. The van der Waals surface area contributed by atoms with E-state index < -0.39 is 0 Å². The lowest BCUT2D eigenvalue weighted by molar-refractivity contribution is -0.107. The summed E-state index contributed by atoms with van der Waals surface area (Å²) in [5, 5.41) is 0.281. The van der Waals surface area contributed by atoms with Gasteiger partial charge in [0, 0.05) is 15.6 Å². The van der Waals surface area contributed by atoms with Gasteiger partial charge >= 0.3 is 0 Å². The second kappa shape index (κ2) is 4.48. The summed E-state index contributed by atoms with van der Waals surface area (Å²) in [6.07, 6.45) is 5.00. The second-order valence-electron chi connectivity index (χ2n) is 2.06. The molecule has 0 aromatic heterocycles. The molecule has 0 aromatic rings. The second-order valence-corrected chi connectivity index (χ2v) is 5.02. The van der Waals surface area contributed by atoms with Gasteiger partial charge in [0.05, 0.1) is 0 Å². The first-order valence-corrected chi connectivity index (χ1v) is 6.71. The molecule has 0 spiro atoms. The van der Waals surface area contributed by atoms with Crippen molar-refractivity contribution in [3.63, 3.8) is 0 Å². The minimum absolute atomic E-state index is 0.281. The van der Waals surface area contributed by atoms with Crippen LogP contribution in [0.3, 0.4) is 0 Å². The molecule has 11 heavy (non-hydrogen) atoms. The highest BCUT2D eigenvalue weighted by Gasteiger charge is 2.21. The lowest BCUT2D eigenvalue weighted by Crippen LogP contribution is -1.89. The van der Waals surface area contributed by atoms with Crippen molar-refractivity contribution in [1.82, 2.24) is 0 Å². The lowest BCUT2D eigenvalue weighted by atomic mass is 10.3. The summed E-state index contributed by atoms with van der Waals surface area (Å²) in [7, 11) is 0. The monoisotopic (exact) mass is 206 g/mol. The number of hydrogen-bond acceptors (Lipinski definition) is 4. The highest BCUT2D eigenvalue weighted by molar-refractivity contribution is 8.22. The third-order valence-electron chi connectivity index (χ3n) is 1.45. The molecule has 0 aromatic carbocycles. The molecule has 0 unspecified atom stereocenters. The number of thioether (sulfide) groups is 3. The van der Waals surface area contributed by atoms with Crippen molar-refractivity contribution < 1.29 is 4.79 Å². The Hall–Kier alpha value is 0.460. The molecule has 1 fully saturated rings. The largest absolute Gasteiger partial charge is 0.282 e. The van der Waals surface area contributed by atoms with Gasteiger partial charge in [0.2, 0.25) is 5.12 Å². The first kappa shape index (κ1) is 9.55. The first-order chi connectivity index (χ1) is 5.29. The topological polar surface area (TPSA) is 17.1 Å². The zero-order valence-electron chi connectivity index (χ0n) is 6.55. The van der Waals surface area contributed by atoms with Gasteiger partial charge in [-0.15, -0.1) is 23.5 Å². The van der Waals surface area contributed by atoms with E-state index in [0.29, 0.717) is 0 Å². The summed E-state index contributed by atoms with van der Waals surface area (Å²) in [5.74, 6) is 0.971. The quantitative estimate of drug-likeness (QED) is 0.646. The molecule has 1 saturated heterocycles. The van der Waals surface area contributed by atoms with Crippen LogP contribution in [-0.4, -0.2) is 23.4 Å². The maximum absolute atomic E-state index is 11.2. The van der Waals surface area contributed by atoms with Crippen LogP contribution < -0.4 is 0 Å². The maximum atomic E-state index is 11.2. The van der Waals surface area contributed by atoms with Crippen molar-refractivity contribution in [1.29, 1.82) is 0 Å². The lowest BCUT2D eigenvalue weighted by Gasteiger charge is -2.01. The van der Waals surface area contributed by atoms with E-state index in [-0.39, 0.29) is 5.12 Å². The van der Waals surface area contributed by atoms with Crippen LogP contribution in [0.4, 0.5) is 0 Å². The predicted molar refractivity (Wildman–Crippen MR) is 56.1 cm³/mol. The van der Waals surface area contributed by atoms with E-state index in [0.717, 1.165) is 17.7 Å². The number of carbonyl (C=O) groups is 1.